The maximum atomic E-state index is 13.8. The second-order valence-electron chi connectivity index (χ2n) is 9.14. The van der Waals surface area contributed by atoms with E-state index in [0.29, 0.717) is 30.4 Å². The van der Waals surface area contributed by atoms with Crippen LogP contribution in [0, 0.1) is 0 Å². The molecule has 42 heavy (non-hydrogen) atoms. The smallest absolute Gasteiger partial charge is 0.406 e. The van der Waals surface area contributed by atoms with Crippen LogP contribution in [0.5, 0.6) is 5.75 Å². The predicted molar refractivity (Wildman–Crippen MR) is 121 cm³/mol. The Morgan fingerprint density at radius 2 is 1.55 bits per heavy atom. The fourth-order valence-corrected chi connectivity index (χ4v) is 3.79. The minimum Gasteiger partial charge on any atom is -0.406 e. The van der Waals surface area contributed by atoms with Gasteiger partial charge in [0.25, 0.3) is 5.91 Å². The summed E-state index contributed by atoms with van der Waals surface area (Å²) in [6.45, 7) is -1.74. The van der Waals surface area contributed by atoms with Crippen molar-refractivity contribution in [1.82, 2.24) is 10.6 Å². The van der Waals surface area contributed by atoms with E-state index < -0.39 is 82.7 Å². The summed E-state index contributed by atoms with van der Waals surface area (Å²) < 4.78 is 161. The number of alkyl halides is 12. The largest absolute Gasteiger partial charge is 0.573 e. The number of ether oxygens (including phenoxy) is 1. The van der Waals surface area contributed by atoms with Crippen molar-refractivity contribution in [3.8, 4) is 5.75 Å². The van der Waals surface area contributed by atoms with E-state index in [1.807, 2.05) is 5.32 Å². The van der Waals surface area contributed by atoms with Gasteiger partial charge in [-0.3, -0.25) is 9.59 Å². The Hall–Kier alpha value is -3.92. The van der Waals surface area contributed by atoms with E-state index in [1.165, 1.54) is 5.32 Å². The first-order valence-electron chi connectivity index (χ1n) is 11.6. The summed E-state index contributed by atoms with van der Waals surface area (Å²) in [7, 11) is 0. The van der Waals surface area contributed by atoms with Crippen LogP contribution in [0.25, 0.3) is 6.08 Å². The lowest BCUT2D eigenvalue weighted by Gasteiger charge is -2.20. The number of hydrogen-bond acceptors (Lipinski definition) is 3. The van der Waals surface area contributed by atoms with Gasteiger partial charge in [-0.1, -0.05) is 30.4 Å². The first-order valence-corrected chi connectivity index (χ1v) is 11.6. The third-order valence-electron chi connectivity index (χ3n) is 5.87. The van der Waals surface area contributed by atoms with Crippen LogP contribution in [-0.4, -0.2) is 42.6 Å². The van der Waals surface area contributed by atoms with Crippen molar-refractivity contribution >= 4 is 17.9 Å². The lowest BCUT2D eigenvalue weighted by atomic mass is 9.96. The molecule has 0 aliphatic heterocycles. The van der Waals surface area contributed by atoms with Gasteiger partial charge in [0.1, 0.15) is 17.8 Å². The molecule has 3 rings (SSSR count). The van der Waals surface area contributed by atoms with Crippen molar-refractivity contribution in [3.63, 3.8) is 0 Å². The highest BCUT2D eigenvalue weighted by Crippen LogP contribution is 2.40. The van der Waals surface area contributed by atoms with Crippen molar-refractivity contribution in [2.75, 3.05) is 6.54 Å². The van der Waals surface area contributed by atoms with Crippen LogP contribution in [0.3, 0.4) is 0 Å². The average Bonchev–Trinajstić information content (AvgIpc) is 3.60. The molecule has 5 nitrogen and oxygen atoms in total. The number of rotatable bonds is 8. The van der Waals surface area contributed by atoms with Crippen LogP contribution in [0.1, 0.15) is 45.8 Å². The molecule has 1 aliphatic rings. The highest BCUT2D eigenvalue weighted by Gasteiger charge is 2.52. The quantitative estimate of drug-likeness (QED) is 0.315. The fraction of sp³-hybridized carbons (Fsp3) is 0.360. The van der Waals surface area contributed by atoms with Gasteiger partial charge in [0, 0.05) is 0 Å². The number of hydrogen-bond donors (Lipinski definition) is 2. The van der Waals surface area contributed by atoms with Crippen molar-refractivity contribution < 1.29 is 67.0 Å². The molecule has 2 amide bonds. The summed E-state index contributed by atoms with van der Waals surface area (Å²) in [6.07, 6.45) is -19.6. The highest BCUT2D eigenvalue weighted by atomic mass is 19.4. The molecule has 2 N–H and O–H groups in total. The molecule has 230 valence electrons. The van der Waals surface area contributed by atoms with Gasteiger partial charge in [-0.15, -0.1) is 13.2 Å². The lowest BCUT2D eigenvalue weighted by Crippen LogP contribution is -2.51. The summed E-state index contributed by atoms with van der Waals surface area (Å²) in [5.74, 6) is -6.26. The van der Waals surface area contributed by atoms with E-state index in [9.17, 15) is 62.3 Å². The van der Waals surface area contributed by atoms with Crippen LogP contribution >= 0.6 is 0 Å². The third-order valence-corrected chi connectivity index (χ3v) is 5.87. The summed E-state index contributed by atoms with van der Waals surface area (Å²) in [6, 6.07) is 4.66. The van der Waals surface area contributed by atoms with Gasteiger partial charge < -0.3 is 15.4 Å². The number of carbonyl (C=O) groups excluding carboxylic acids is 2. The fourth-order valence-electron chi connectivity index (χ4n) is 3.79. The zero-order chi connectivity index (χ0) is 31.7. The Balaban J connectivity index is 1.88. The Kier molecular flexibility index (Phi) is 8.84. The molecule has 1 aliphatic carbocycles. The number of amides is 2. The van der Waals surface area contributed by atoms with Crippen molar-refractivity contribution in [2.45, 2.75) is 49.2 Å². The Morgan fingerprint density at radius 1 is 0.905 bits per heavy atom. The Morgan fingerprint density at radius 3 is 2.07 bits per heavy atom. The zero-order valence-corrected chi connectivity index (χ0v) is 20.7. The number of allylic oxidation sites excluding steroid dienone is 1. The van der Waals surface area contributed by atoms with Gasteiger partial charge in [-0.25, -0.2) is 0 Å². The number of nitrogens with one attached hydrogen (secondary N) is 2. The summed E-state index contributed by atoms with van der Waals surface area (Å²) in [4.78, 5) is 24.7. The molecule has 2 aromatic carbocycles. The molecule has 0 heterocycles. The maximum Gasteiger partial charge on any atom is 0.573 e. The van der Waals surface area contributed by atoms with Crippen LogP contribution in [-0.2, 0) is 11.0 Å². The molecule has 2 aromatic rings. The summed E-state index contributed by atoms with van der Waals surface area (Å²) in [5.41, 5.74) is -5.75. The molecule has 17 heteroatoms. The van der Waals surface area contributed by atoms with Gasteiger partial charge in [0.05, 0.1) is 17.0 Å². The van der Waals surface area contributed by atoms with Crippen molar-refractivity contribution in [2.24, 2.45) is 0 Å². The van der Waals surface area contributed by atoms with Crippen LogP contribution in [0.2, 0.25) is 0 Å². The number of benzene rings is 2. The van der Waals surface area contributed by atoms with Gasteiger partial charge in [0.15, 0.2) is 0 Å². The second kappa shape index (κ2) is 11.4. The molecule has 1 atom stereocenters. The molecular formula is C25H18F12N2O3. The normalized spacial score (nSPS) is 16.2. The molecule has 0 saturated heterocycles. The van der Waals surface area contributed by atoms with Crippen LogP contribution < -0.4 is 15.4 Å². The van der Waals surface area contributed by atoms with E-state index in [4.69, 9.17) is 0 Å². The lowest BCUT2D eigenvalue weighted by molar-refractivity contribution is -0.274. The molecule has 1 fully saturated rings. The molecule has 1 saturated carbocycles. The minimum absolute atomic E-state index is 0.154. The maximum absolute atomic E-state index is 13.8. The monoisotopic (exact) mass is 622 g/mol. The van der Waals surface area contributed by atoms with E-state index >= 15 is 0 Å². The first kappa shape index (κ1) is 32.6. The molecule has 0 radical (unpaired) electrons. The third kappa shape index (κ3) is 8.79. The number of carbonyl (C=O) groups is 2. The molecular weight excluding hydrogens is 604 g/mol. The van der Waals surface area contributed by atoms with Gasteiger partial charge >= 0.3 is 24.9 Å². The predicted octanol–water partition coefficient (Wildman–Crippen LogP) is 6.90. The van der Waals surface area contributed by atoms with Crippen LogP contribution in [0.4, 0.5) is 52.7 Å². The Labute approximate surface area is 228 Å². The Bertz CT molecular complexity index is 1340. The second-order valence-corrected chi connectivity index (χ2v) is 9.14. The number of halogens is 12. The van der Waals surface area contributed by atoms with E-state index in [1.54, 1.807) is 0 Å². The molecule has 0 bridgehead atoms. The van der Waals surface area contributed by atoms with Crippen LogP contribution in [0.15, 0.2) is 48.5 Å². The first-order chi connectivity index (χ1) is 19.1. The standard InChI is InChI=1S/C25H18F12N2O3/c26-22(27,28)12-38-20(41)21(8-9-21)39-19(40)16-6-4-13(10-18(16)24(32,33)34)5-7-17(23(29,30)31)14-2-1-3-15(11-14)42-25(35,36)37/h1-7,10-11,17H,8-9,12H2,(H,38,41)(H,39,40)/b7-5+. The van der Waals surface area contributed by atoms with Gasteiger partial charge in [0.2, 0.25) is 5.91 Å². The zero-order valence-electron chi connectivity index (χ0n) is 20.7. The van der Waals surface area contributed by atoms with E-state index in [2.05, 4.69) is 4.74 Å². The van der Waals surface area contributed by atoms with Crippen molar-refractivity contribution in [3.05, 3.63) is 70.8 Å². The highest BCUT2D eigenvalue weighted by molar-refractivity contribution is 6.01. The van der Waals surface area contributed by atoms with Crippen molar-refractivity contribution in [1.29, 1.82) is 0 Å². The average molecular weight is 622 g/mol. The SMILES string of the molecule is O=C(NC1(C(=O)NCC(F)(F)F)CC1)c1ccc(/C=C/C(c2cccc(OC(F)(F)F)c2)C(F)(F)F)cc1C(F)(F)F. The van der Waals surface area contributed by atoms with E-state index in [-0.39, 0.29) is 12.8 Å². The molecule has 1 unspecified atom stereocenters. The van der Waals surface area contributed by atoms with E-state index in [0.717, 1.165) is 24.3 Å². The minimum atomic E-state index is -5.24. The summed E-state index contributed by atoms with van der Waals surface area (Å²) in [5, 5.41) is 3.53. The van der Waals surface area contributed by atoms with Gasteiger partial charge in [-0.2, -0.15) is 39.5 Å². The molecule has 0 spiro atoms. The summed E-state index contributed by atoms with van der Waals surface area (Å²) >= 11 is 0. The topological polar surface area (TPSA) is 67.4 Å². The van der Waals surface area contributed by atoms with Gasteiger partial charge in [-0.05, 0) is 48.2 Å². The molecule has 0 aromatic heterocycles.